The van der Waals surface area contributed by atoms with Gasteiger partial charge in [0, 0.05) is 24.9 Å². The molecule has 0 bridgehead atoms. The number of nitrogens with zero attached hydrogens (tertiary/aromatic N) is 2. The molecule has 1 aliphatic rings. The maximum atomic E-state index is 12.7. The van der Waals surface area contributed by atoms with Crippen molar-refractivity contribution in [1.82, 2.24) is 9.13 Å². The number of aromatic nitrogens is 2. The summed E-state index contributed by atoms with van der Waals surface area (Å²) in [5, 5.41) is 3.13. The van der Waals surface area contributed by atoms with E-state index < -0.39 is 35.2 Å². The zero-order valence-electron chi connectivity index (χ0n) is 17.0. The Bertz CT molecular complexity index is 1190. The summed E-state index contributed by atoms with van der Waals surface area (Å²) in [6.07, 6.45) is 1.64. The number of nitrogen functional groups attached to an aromatic ring is 1. The highest BCUT2D eigenvalue weighted by atomic mass is 32.1. The molecule has 1 fully saturated rings. The minimum absolute atomic E-state index is 0.0397. The Morgan fingerprint density at radius 2 is 1.77 bits per heavy atom. The van der Waals surface area contributed by atoms with E-state index in [0.29, 0.717) is 10.6 Å². The number of ketones is 1. The molecule has 11 heteroatoms. The van der Waals surface area contributed by atoms with E-state index in [1.165, 1.54) is 25.4 Å². The number of esters is 1. The van der Waals surface area contributed by atoms with E-state index in [0.717, 1.165) is 26.9 Å². The number of aryl methyl sites for hydroxylation is 1. The summed E-state index contributed by atoms with van der Waals surface area (Å²) in [4.78, 5) is 62.3. The van der Waals surface area contributed by atoms with Crippen molar-refractivity contribution in [2.24, 2.45) is 20.0 Å². The Morgan fingerprint density at radius 3 is 2.37 bits per heavy atom. The molecule has 30 heavy (non-hydrogen) atoms. The van der Waals surface area contributed by atoms with Gasteiger partial charge in [0.1, 0.15) is 16.4 Å². The number of carbonyl (C=O) groups excluding carboxylic acids is 3. The predicted octanol–water partition coefficient (Wildman–Crippen LogP) is 0.733. The Morgan fingerprint density at radius 1 is 1.13 bits per heavy atom. The van der Waals surface area contributed by atoms with Gasteiger partial charge in [-0.15, -0.1) is 11.3 Å². The second-order valence-electron chi connectivity index (χ2n) is 7.22. The second-order valence-corrected chi connectivity index (χ2v) is 8.44. The maximum Gasteiger partial charge on any atom is 0.341 e. The van der Waals surface area contributed by atoms with Gasteiger partial charge in [0.2, 0.25) is 11.7 Å². The fourth-order valence-corrected chi connectivity index (χ4v) is 3.97. The van der Waals surface area contributed by atoms with Crippen molar-refractivity contribution in [3.05, 3.63) is 42.4 Å². The van der Waals surface area contributed by atoms with Crippen molar-refractivity contribution in [2.75, 3.05) is 17.7 Å². The van der Waals surface area contributed by atoms with Crippen molar-refractivity contribution in [1.29, 1.82) is 0 Å². The van der Waals surface area contributed by atoms with Crippen LogP contribution in [0.3, 0.4) is 0 Å². The molecule has 10 nitrogen and oxygen atoms in total. The van der Waals surface area contributed by atoms with Gasteiger partial charge in [-0.05, 0) is 32.3 Å². The zero-order valence-corrected chi connectivity index (χ0v) is 17.8. The lowest BCUT2D eigenvalue weighted by Crippen LogP contribution is -2.42. The first-order chi connectivity index (χ1) is 14.0. The molecule has 3 rings (SSSR count). The molecule has 0 radical (unpaired) electrons. The van der Waals surface area contributed by atoms with Crippen LogP contribution in [-0.2, 0) is 23.6 Å². The number of nitrogens with two attached hydrogens (primary N) is 1. The zero-order chi connectivity index (χ0) is 22.3. The molecule has 0 atom stereocenters. The molecule has 0 saturated heterocycles. The minimum Gasteiger partial charge on any atom is -0.454 e. The SMILES string of the molecule is Cc1sc(NC(=O)C2CC2)c(C(=O)OCC(=O)c2c(N)n(C)c(=O)n(C)c2=O)c1C. The van der Waals surface area contributed by atoms with E-state index >= 15 is 0 Å². The summed E-state index contributed by atoms with van der Waals surface area (Å²) in [5.74, 6) is -2.12. The van der Waals surface area contributed by atoms with E-state index in [1.807, 2.05) is 6.92 Å². The standard InChI is InChI=1S/C19H22N4O6S/c1-8-9(2)30-16(21-15(25)10-5-6-10)12(8)18(27)29-7-11(24)13-14(20)22(3)19(28)23(4)17(13)26/h10H,5-7,20H2,1-4H3,(H,21,25). The average Bonchev–Trinajstić information content (AvgIpc) is 3.50. The molecule has 1 aliphatic carbocycles. The number of ether oxygens (including phenoxy) is 1. The highest BCUT2D eigenvalue weighted by Crippen LogP contribution is 2.36. The molecular weight excluding hydrogens is 412 g/mol. The van der Waals surface area contributed by atoms with Crippen LogP contribution in [0.2, 0.25) is 0 Å². The number of hydrogen-bond donors (Lipinski definition) is 2. The number of amides is 1. The Hall–Kier alpha value is -3.21. The fraction of sp³-hybridized carbons (Fsp3) is 0.421. The largest absolute Gasteiger partial charge is 0.454 e. The van der Waals surface area contributed by atoms with Crippen molar-refractivity contribution >= 4 is 39.8 Å². The number of carbonyl (C=O) groups is 3. The number of hydrogen-bond acceptors (Lipinski definition) is 8. The topological polar surface area (TPSA) is 142 Å². The van der Waals surface area contributed by atoms with Crippen LogP contribution in [0.25, 0.3) is 0 Å². The van der Waals surface area contributed by atoms with Crippen molar-refractivity contribution in [3.63, 3.8) is 0 Å². The van der Waals surface area contributed by atoms with Crippen LogP contribution < -0.4 is 22.3 Å². The quantitative estimate of drug-likeness (QED) is 0.504. The lowest BCUT2D eigenvalue weighted by Gasteiger charge is -2.11. The first-order valence-corrected chi connectivity index (χ1v) is 10.0. The van der Waals surface area contributed by atoms with Crippen molar-refractivity contribution in [3.8, 4) is 0 Å². The fourth-order valence-electron chi connectivity index (χ4n) is 2.92. The van der Waals surface area contributed by atoms with Gasteiger partial charge in [0.15, 0.2) is 6.61 Å². The Balaban J connectivity index is 1.81. The average molecular weight is 434 g/mol. The van der Waals surface area contributed by atoms with E-state index in [2.05, 4.69) is 5.32 Å². The molecule has 160 valence electrons. The number of anilines is 2. The number of rotatable bonds is 6. The highest BCUT2D eigenvalue weighted by molar-refractivity contribution is 7.16. The molecule has 0 spiro atoms. The van der Waals surface area contributed by atoms with Crippen LogP contribution in [0.15, 0.2) is 9.59 Å². The second kappa shape index (κ2) is 7.90. The lowest BCUT2D eigenvalue weighted by molar-refractivity contribution is -0.117. The van der Waals surface area contributed by atoms with Crippen LogP contribution in [0, 0.1) is 19.8 Å². The third-order valence-electron chi connectivity index (χ3n) is 5.10. The molecule has 2 aromatic rings. The molecule has 1 amide bonds. The van der Waals surface area contributed by atoms with Gasteiger partial charge in [-0.1, -0.05) is 0 Å². The Kier molecular flexibility index (Phi) is 5.66. The monoisotopic (exact) mass is 434 g/mol. The van der Waals surface area contributed by atoms with E-state index in [1.54, 1.807) is 6.92 Å². The Labute approximate surface area is 175 Å². The number of thiophene rings is 1. The van der Waals surface area contributed by atoms with Crippen LogP contribution in [0.5, 0.6) is 0 Å². The van der Waals surface area contributed by atoms with Crippen LogP contribution in [-0.4, -0.2) is 33.4 Å². The number of Topliss-reactive ketones (excluding diaryl/α,β-unsaturated/α-hetero) is 1. The number of nitrogens with one attached hydrogen (secondary N) is 1. The summed E-state index contributed by atoms with van der Waals surface area (Å²) >= 11 is 1.25. The normalized spacial score (nSPS) is 13.2. The summed E-state index contributed by atoms with van der Waals surface area (Å²) in [6.45, 7) is 2.79. The van der Waals surface area contributed by atoms with Gasteiger partial charge in [0.25, 0.3) is 5.56 Å². The molecule has 0 unspecified atom stereocenters. The third-order valence-corrected chi connectivity index (χ3v) is 6.22. The maximum absolute atomic E-state index is 12.7. The van der Waals surface area contributed by atoms with Crippen molar-refractivity contribution in [2.45, 2.75) is 26.7 Å². The molecule has 0 aliphatic heterocycles. The van der Waals surface area contributed by atoms with Gasteiger partial charge in [-0.3, -0.25) is 23.5 Å². The summed E-state index contributed by atoms with van der Waals surface area (Å²) in [7, 11) is 2.55. The molecule has 3 N–H and O–H groups in total. The van der Waals surface area contributed by atoms with Gasteiger partial charge in [-0.2, -0.15) is 0 Å². The molecule has 0 aromatic carbocycles. The van der Waals surface area contributed by atoms with E-state index in [9.17, 15) is 24.0 Å². The molecule has 2 heterocycles. The van der Waals surface area contributed by atoms with Gasteiger partial charge < -0.3 is 15.8 Å². The summed E-state index contributed by atoms with van der Waals surface area (Å²) in [6, 6.07) is 0. The minimum atomic E-state index is -0.864. The van der Waals surface area contributed by atoms with Crippen LogP contribution >= 0.6 is 11.3 Å². The lowest BCUT2D eigenvalue weighted by atomic mass is 10.1. The van der Waals surface area contributed by atoms with Crippen molar-refractivity contribution < 1.29 is 19.1 Å². The van der Waals surface area contributed by atoms with Crippen LogP contribution in [0.4, 0.5) is 10.8 Å². The van der Waals surface area contributed by atoms with Gasteiger partial charge in [-0.25, -0.2) is 9.59 Å². The first kappa shape index (κ1) is 21.5. The highest BCUT2D eigenvalue weighted by Gasteiger charge is 2.32. The smallest absolute Gasteiger partial charge is 0.341 e. The predicted molar refractivity (Wildman–Crippen MR) is 111 cm³/mol. The van der Waals surface area contributed by atoms with Crippen LogP contribution in [0.1, 0.15) is 44.0 Å². The van der Waals surface area contributed by atoms with E-state index in [-0.39, 0.29) is 23.2 Å². The van der Waals surface area contributed by atoms with E-state index in [4.69, 9.17) is 10.5 Å². The third kappa shape index (κ3) is 3.80. The van der Waals surface area contributed by atoms with Gasteiger partial charge >= 0.3 is 11.7 Å². The van der Waals surface area contributed by atoms with Gasteiger partial charge in [0.05, 0.1) is 5.56 Å². The summed E-state index contributed by atoms with van der Waals surface area (Å²) < 4.78 is 6.85. The molecular formula is C19H22N4O6S. The molecule has 2 aromatic heterocycles. The summed E-state index contributed by atoms with van der Waals surface area (Å²) in [5.41, 5.74) is 4.61. The first-order valence-electron chi connectivity index (χ1n) is 9.21. The molecule has 1 saturated carbocycles.